The van der Waals surface area contributed by atoms with Gasteiger partial charge < -0.3 is 25.4 Å². The SMILES string of the molecule is CCC[C@@H](CCCNc1ncc(C(F)(F)F)c(N2CCCC(O)CC2)n1)N(C(=O)NCc1ccccc1)c1ccc(-c2cnc(OC)nc2)cn1. The molecule has 0 aliphatic carbocycles. The molecule has 1 fully saturated rings. The quantitative estimate of drug-likeness (QED) is 0.125. The van der Waals surface area contributed by atoms with Crippen molar-refractivity contribution < 1.29 is 27.8 Å². The summed E-state index contributed by atoms with van der Waals surface area (Å²) in [5.74, 6) is 0.380. The van der Waals surface area contributed by atoms with Crippen LogP contribution < -0.4 is 25.2 Å². The molecular formula is C36H44F3N9O3. The Kier molecular flexibility index (Phi) is 12.9. The molecule has 0 bridgehead atoms. The Balaban J connectivity index is 1.31. The van der Waals surface area contributed by atoms with Crippen molar-refractivity contribution in [2.24, 2.45) is 0 Å². The van der Waals surface area contributed by atoms with Gasteiger partial charge in [-0.1, -0.05) is 43.7 Å². The lowest BCUT2D eigenvalue weighted by molar-refractivity contribution is -0.137. The van der Waals surface area contributed by atoms with Crippen LogP contribution in [-0.4, -0.2) is 74.9 Å². The van der Waals surface area contributed by atoms with Gasteiger partial charge in [0.15, 0.2) is 0 Å². The summed E-state index contributed by atoms with van der Waals surface area (Å²) in [6.45, 7) is 3.38. The molecule has 4 heterocycles. The highest BCUT2D eigenvalue weighted by Gasteiger charge is 2.37. The van der Waals surface area contributed by atoms with E-state index in [-0.39, 0.29) is 36.4 Å². The maximum Gasteiger partial charge on any atom is 0.421 e. The summed E-state index contributed by atoms with van der Waals surface area (Å²) in [7, 11) is 1.49. The van der Waals surface area contributed by atoms with E-state index in [0.717, 1.165) is 29.3 Å². The number of hydrogen-bond acceptors (Lipinski definition) is 10. The molecule has 4 aromatic rings. The van der Waals surface area contributed by atoms with Crippen LogP contribution in [0.25, 0.3) is 11.1 Å². The molecule has 1 unspecified atom stereocenters. The van der Waals surface area contributed by atoms with Gasteiger partial charge in [-0.15, -0.1) is 0 Å². The zero-order valence-corrected chi connectivity index (χ0v) is 28.8. The van der Waals surface area contributed by atoms with E-state index >= 15 is 0 Å². The van der Waals surface area contributed by atoms with Crippen molar-refractivity contribution in [1.29, 1.82) is 0 Å². The lowest BCUT2D eigenvalue weighted by Crippen LogP contribution is -2.47. The highest BCUT2D eigenvalue weighted by Crippen LogP contribution is 2.36. The van der Waals surface area contributed by atoms with Gasteiger partial charge in [-0.25, -0.2) is 24.7 Å². The molecule has 3 aromatic heterocycles. The zero-order valence-electron chi connectivity index (χ0n) is 28.8. The predicted molar refractivity (Wildman–Crippen MR) is 188 cm³/mol. The van der Waals surface area contributed by atoms with Gasteiger partial charge in [-0.05, 0) is 56.2 Å². The number of ether oxygens (including phenoxy) is 1. The second-order valence-electron chi connectivity index (χ2n) is 12.4. The summed E-state index contributed by atoms with van der Waals surface area (Å²) in [6.07, 6.45) is 4.71. The molecule has 1 aliphatic rings. The molecule has 1 aliphatic heterocycles. The van der Waals surface area contributed by atoms with Gasteiger partial charge in [0.25, 0.3) is 0 Å². The predicted octanol–water partition coefficient (Wildman–Crippen LogP) is 6.48. The maximum atomic E-state index is 13.9. The van der Waals surface area contributed by atoms with Crippen molar-refractivity contribution in [3.05, 3.63) is 78.4 Å². The Bertz CT molecular complexity index is 1680. The summed E-state index contributed by atoms with van der Waals surface area (Å²) in [4.78, 5) is 38.4. The molecule has 1 aromatic carbocycles. The van der Waals surface area contributed by atoms with E-state index in [4.69, 9.17) is 4.74 Å². The Morgan fingerprint density at radius 3 is 2.45 bits per heavy atom. The topological polar surface area (TPSA) is 142 Å². The average molecular weight is 708 g/mol. The molecule has 5 rings (SSSR count). The number of pyridine rings is 1. The van der Waals surface area contributed by atoms with E-state index in [9.17, 15) is 23.1 Å². The van der Waals surface area contributed by atoms with Crippen molar-refractivity contribution in [3.8, 4) is 17.1 Å². The second-order valence-corrected chi connectivity index (χ2v) is 12.4. The number of halogens is 3. The highest BCUT2D eigenvalue weighted by molar-refractivity contribution is 5.91. The van der Waals surface area contributed by atoms with Crippen LogP contribution in [0.5, 0.6) is 6.01 Å². The van der Waals surface area contributed by atoms with Gasteiger partial charge in [0.2, 0.25) is 5.95 Å². The minimum atomic E-state index is -4.62. The van der Waals surface area contributed by atoms with E-state index in [2.05, 4.69) is 35.6 Å². The number of carbonyl (C=O) groups excluding carboxylic acids is 1. The summed E-state index contributed by atoms with van der Waals surface area (Å²) >= 11 is 0. The molecule has 0 saturated carbocycles. The number of nitrogens with one attached hydrogen (secondary N) is 2. The van der Waals surface area contributed by atoms with Crippen LogP contribution in [0.15, 0.2) is 67.3 Å². The van der Waals surface area contributed by atoms with Crippen LogP contribution in [0.4, 0.5) is 35.5 Å². The Morgan fingerprint density at radius 2 is 1.76 bits per heavy atom. The number of urea groups is 1. The first-order chi connectivity index (χ1) is 24.7. The van der Waals surface area contributed by atoms with Crippen LogP contribution in [0.2, 0.25) is 0 Å². The number of aliphatic hydroxyl groups excluding tert-OH is 1. The number of hydrogen-bond donors (Lipinski definition) is 3. The summed E-state index contributed by atoms with van der Waals surface area (Å²) in [5, 5.41) is 16.2. The molecule has 0 radical (unpaired) electrons. The fourth-order valence-corrected chi connectivity index (χ4v) is 6.05. The normalized spacial score (nSPS) is 15.5. The average Bonchev–Trinajstić information content (AvgIpc) is 3.37. The van der Waals surface area contributed by atoms with Gasteiger partial charge in [-0.3, -0.25) is 4.90 Å². The van der Waals surface area contributed by atoms with Gasteiger partial charge in [-0.2, -0.15) is 18.2 Å². The number of nitrogens with zero attached hydrogens (tertiary/aromatic N) is 7. The van der Waals surface area contributed by atoms with Crippen LogP contribution in [0.3, 0.4) is 0 Å². The van der Waals surface area contributed by atoms with E-state index in [1.54, 1.807) is 34.5 Å². The van der Waals surface area contributed by atoms with E-state index in [1.807, 2.05) is 43.3 Å². The van der Waals surface area contributed by atoms with Crippen LogP contribution in [0, 0.1) is 0 Å². The third kappa shape index (κ3) is 10.2. The maximum absolute atomic E-state index is 13.9. The van der Waals surface area contributed by atoms with Crippen LogP contribution >= 0.6 is 0 Å². The molecule has 0 spiro atoms. The summed E-state index contributed by atoms with van der Waals surface area (Å²) in [6, 6.07) is 13.0. The first-order valence-corrected chi connectivity index (χ1v) is 17.2. The van der Waals surface area contributed by atoms with Gasteiger partial charge >= 0.3 is 18.2 Å². The molecule has 15 heteroatoms. The number of benzene rings is 1. The first-order valence-electron chi connectivity index (χ1n) is 17.2. The Hall–Kier alpha value is -5.05. The molecule has 2 atom stereocenters. The molecule has 3 N–H and O–H groups in total. The number of rotatable bonds is 14. The zero-order chi connectivity index (χ0) is 36.2. The third-order valence-corrected chi connectivity index (χ3v) is 8.70. The van der Waals surface area contributed by atoms with Crippen molar-refractivity contribution in [2.75, 3.05) is 41.9 Å². The Morgan fingerprint density at radius 1 is 1.00 bits per heavy atom. The minimum absolute atomic E-state index is 0.0899. The fourth-order valence-electron chi connectivity index (χ4n) is 6.05. The monoisotopic (exact) mass is 707 g/mol. The van der Waals surface area contributed by atoms with Crippen LogP contribution in [0.1, 0.15) is 63.0 Å². The smallest absolute Gasteiger partial charge is 0.421 e. The number of aromatic nitrogens is 5. The lowest BCUT2D eigenvalue weighted by atomic mass is 10.0. The van der Waals surface area contributed by atoms with Gasteiger partial charge in [0.1, 0.15) is 17.2 Å². The largest absolute Gasteiger partial charge is 0.467 e. The minimum Gasteiger partial charge on any atom is -0.467 e. The molecule has 272 valence electrons. The molecule has 2 amide bonds. The first kappa shape index (κ1) is 37.2. The van der Waals surface area contributed by atoms with Crippen molar-refractivity contribution in [1.82, 2.24) is 30.2 Å². The molecular weight excluding hydrogens is 663 g/mol. The van der Waals surface area contributed by atoms with E-state index in [1.165, 1.54) is 7.11 Å². The van der Waals surface area contributed by atoms with E-state index < -0.39 is 17.8 Å². The standard InChI is InChI=1S/C36H44F3N9O3/c1-3-9-28(12-7-17-40-33-42-24-30(36(37,38)39)32(46-33)47-18-8-13-29(49)16-19-47)48(35(50)45-20-25-10-5-4-6-11-25)31-15-14-26(21-41-31)27-22-43-34(51-2)44-23-27/h4-6,10-11,14-15,21-24,28-29,49H,3,7-9,12-13,16-20H2,1-2H3,(H,45,50)(H,40,42,46)/t28-,29?/m0/s1. The van der Waals surface area contributed by atoms with Crippen LogP contribution in [-0.2, 0) is 12.7 Å². The highest BCUT2D eigenvalue weighted by atomic mass is 19.4. The lowest BCUT2D eigenvalue weighted by Gasteiger charge is -2.31. The number of amides is 2. The van der Waals surface area contributed by atoms with Gasteiger partial charge in [0, 0.05) is 68.1 Å². The fraction of sp³-hybridized carbons (Fsp3) is 0.444. The van der Waals surface area contributed by atoms with Crippen molar-refractivity contribution >= 4 is 23.6 Å². The number of aliphatic hydroxyl groups is 1. The molecule has 51 heavy (non-hydrogen) atoms. The van der Waals surface area contributed by atoms with E-state index in [0.29, 0.717) is 64.0 Å². The second kappa shape index (κ2) is 17.7. The third-order valence-electron chi connectivity index (χ3n) is 8.70. The van der Waals surface area contributed by atoms with Crippen molar-refractivity contribution in [3.63, 3.8) is 0 Å². The number of alkyl halides is 3. The van der Waals surface area contributed by atoms with Crippen molar-refractivity contribution in [2.45, 2.75) is 76.7 Å². The summed E-state index contributed by atoms with van der Waals surface area (Å²) < 4.78 is 46.8. The number of anilines is 3. The number of methoxy groups -OCH3 is 1. The van der Waals surface area contributed by atoms with Gasteiger partial charge in [0.05, 0.1) is 13.2 Å². The summed E-state index contributed by atoms with van der Waals surface area (Å²) in [5.41, 5.74) is 1.57. The number of carbonyl (C=O) groups is 1. The molecule has 1 saturated heterocycles. The Labute approximate surface area is 295 Å². The molecule has 12 nitrogen and oxygen atoms in total.